The molecule has 2 aromatic rings. The zero-order valence-electron chi connectivity index (χ0n) is 16.9. The van der Waals surface area contributed by atoms with E-state index >= 15 is 0 Å². The molecule has 0 spiro atoms. The van der Waals surface area contributed by atoms with Crippen LogP contribution in [0.2, 0.25) is 0 Å². The van der Waals surface area contributed by atoms with Crippen LogP contribution in [0.4, 0.5) is 13.2 Å². The predicted molar refractivity (Wildman–Crippen MR) is 109 cm³/mol. The molecule has 0 nitrogen and oxygen atoms in total. The van der Waals surface area contributed by atoms with Gasteiger partial charge in [-0.25, -0.2) is 13.2 Å². The summed E-state index contributed by atoms with van der Waals surface area (Å²) in [6, 6.07) is 8.37. The molecule has 3 rings (SSSR count). The molecule has 0 aliphatic heterocycles. The summed E-state index contributed by atoms with van der Waals surface area (Å²) < 4.78 is 41.3. The van der Waals surface area contributed by atoms with Gasteiger partial charge in [0.15, 0.2) is 11.6 Å². The molecule has 0 saturated carbocycles. The molecule has 1 aliphatic rings. The average Bonchev–Trinajstić information content (AvgIpc) is 2.68. The number of benzene rings is 2. The van der Waals surface area contributed by atoms with Crippen molar-refractivity contribution in [2.75, 3.05) is 0 Å². The number of fused-ring (bicyclic) bond motifs is 1. The van der Waals surface area contributed by atoms with Crippen LogP contribution in [0.5, 0.6) is 0 Å². The van der Waals surface area contributed by atoms with Crippen molar-refractivity contribution in [2.24, 2.45) is 5.92 Å². The first-order valence-electron chi connectivity index (χ1n) is 10.8. The summed E-state index contributed by atoms with van der Waals surface area (Å²) in [5, 5.41) is 0. The Bertz CT molecular complexity index is 782. The zero-order chi connectivity index (χ0) is 19.9. The van der Waals surface area contributed by atoms with E-state index in [-0.39, 0.29) is 5.82 Å². The topological polar surface area (TPSA) is 0 Å². The van der Waals surface area contributed by atoms with Crippen molar-refractivity contribution < 1.29 is 13.2 Å². The van der Waals surface area contributed by atoms with E-state index in [9.17, 15) is 13.2 Å². The van der Waals surface area contributed by atoms with Crippen LogP contribution in [0.1, 0.15) is 74.1 Å². The maximum absolute atomic E-state index is 14.5. The molecular formula is C25H31F3. The lowest BCUT2D eigenvalue weighted by Crippen LogP contribution is -2.16. The Hall–Kier alpha value is -1.77. The molecule has 1 aliphatic carbocycles. The number of rotatable bonds is 9. The number of halogens is 3. The van der Waals surface area contributed by atoms with Crippen LogP contribution in [-0.2, 0) is 25.7 Å². The van der Waals surface area contributed by atoms with Gasteiger partial charge in [0, 0.05) is 0 Å². The highest BCUT2D eigenvalue weighted by Gasteiger charge is 2.21. The minimum absolute atomic E-state index is 0.101. The van der Waals surface area contributed by atoms with Crippen molar-refractivity contribution >= 4 is 0 Å². The van der Waals surface area contributed by atoms with Gasteiger partial charge in [0.2, 0.25) is 0 Å². The van der Waals surface area contributed by atoms with Crippen molar-refractivity contribution in [3.05, 3.63) is 70.0 Å². The molecule has 0 N–H and O–H groups in total. The predicted octanol–water partition coefficient (Wildman–Crippen LogP) is 7.35. The van der Waals surface area contributed by atoms with Crippen molar-refractivity contribution in [3.63, 3.8) is 0 Å². The normalized spacial score (nSPS) is 16.2. The molecule has 0 aromatic heterocycles. The molecule has 28 heavy (non-hydrogen) atoms. The molecule has 0 bridgehead atoms. The molecule has 152 valence electrons. The number of hydrogen-bond acceptors (Lipinski definition) is 0. The largest absolute Gasteiger partial charge is 0.207 e. The zero-order valence-corrected chi connectivity index (χ0v) is 16.9. The quantitative estimate of drug-likeness (QED) is 0.394. The Morgan fingerprint density at radius 3 is 2.32 bits per heavy atom. The third-order valence-corrected chi connectivity index (χ3v) is 6.08. The lowest BCUT2D eigenvalue weighted by Gasteiger charge is -2.25. The summed E-state index contributed by atoms with van der Waals surface area (Å²) in [5.74, 6) is -1.23. The van der Waals surface area contributed by atoms with E-state index < -0.39 is 11.6 Å². The maximum atomic E-state index is 14.5. The van der Waals surface area contributed by atoms with E-state index in [0.717, 1.165) is 60.8 Å². The molecular weight excluding hydrogens is 357 g/mol. The number of aryl methyl sites for hydroxylation is 3. The number of unbranched alkanes of at least 4 members (excludes halogenated alkanes) is 4. The van der Waals surface area contributed by atoms with Gasteiger partial charge in [-0.05, 0) is 91.3 Å². The van der Waals surface area contributed by atoms with Crippen molar-refractivity contribution in [3.8, 4) is 0 Å². The van der Waals surface area contributed by atoms with Gasteiger partial charge in [0.05, 0.1) is 0 Å². The molecule has 1 atom stereocenters. The maximum Gasteiger partial charge on any atom is 0.159 e. The minimum atomic E-state index is -0.768. The third-order valence-electron chi connectivity index (χ3n) is 6.08. The summed E-state index contributed by atoms with van der Waals surface area (Å²) in [7, 11) is 0. The van der Waals surface area contributed by atoms with E-state index in [4.69, 9.17) is 0 Å². The second kappa shape index (κ2) is 10.1. The van der Waals surface area contributed by atoms with Crippen LogP contribution < -0.4 is 0 Å². The molecule has 2 aromatic carbocycles. The molecule has 0 amide bonds. The monoisotopic (exact) mass is 388 g/mol. The van der Waals surface area contributed by atoms with Crippen LogP contribution in [0.3, 0.4) is 0 Å². The van der Waals surface area contributed by atoms with E-state index in [2.05, 4.69) is 13.0 Å². The Morgan fingerprint density at radius 2 is 1.57 bits per heavy atom. The van der Waals surface area contributed by atoms with Gasteiger partial charge in [-0.15, -0.1) is 0 Å². The van der Waals surface area contributed by atoms with Gasteiger partial charge in [-0.1, -0.05) is 44.7 Å². The van der Waals surface area contributed by atoms with Crippen LogP contribution in [-0.4, -0.2) is 0 Å². The van der Waals surface area contributed by atoms with Gasteiger partial charge in [-0.2, -0.15) is 0 Å². The Labute approximate surface area is 167 Å². The summed E-state index contributed by atoms with van der Waals surface area (Å²) in [5.41, 5.74) is 3.69. The highest BCUT2D eigenvalue weighted by Crippen LogP contribution is 2.30. The van der Waals surface area contributed by atoms with Gasteiger partial charge in [-0.3, -0.25) is 0 Å². The van der Waals surface area contributed by atoms with Gasteiger partial charge in [0.25, 0.3) is 0 Å². The highest BCUT2D eigenvalue weighted by atomic mass is 19.2. The smallest absolute Gasteiger partial charge is 0.159 e. The summed E-state index contributed by atoms with van der Waals surface area (Å²) >= 11 is 0. The SMILES string of the molecule is CCCCCCCc1ccc(CCC2CCc3cc(F)c(F)cc3C2)c(F)c1. The highest BCUT2D eigenvalue weighted by molar-refractivity contribution is 5.31. The lowest BCUT2D eigenvalue weighted by atomic mass is 9.81. The first-order valence-corrected chi connectivity index (χ1v) is 10.8. The van der Waals surface area contributed by atoms with Gasteiger partial charge < -0.3 is 0 Å². The van der Waals surface area contributed by atoms with Crippen molar-refractivity contribution in [2.45, 2.75) is 77.6 Å². The standard InChI is InChI=1S/C25H31F3/c1-2-3-4-5-6-7-18-8-11-20(23(26)15-18)12-9-19-10-13-21-16-24(27)25(28)17-22(21)14-19/h8,11,15-17,19H,2-7,9-10,12-14H2,1H3. The fourth-order valence-electron chi connectivity index (χ4n) is 4.31. The number of hydrogen-bond donors (Lipinski definition) is 0. The van der Waals surface area contributed by atoms with E-state index in [1.165, 1.54) is 37.8 Å². The minimum Gasteiger partial charge on any atom is -0.207 e. The Morgan fingerprint density at radius 1 is 0.821 bits per heavy atom. The van der Waals surface area contributed by atoms with Crippen LogP contribution in [0.15, 0.2) is 30.3 Å². The van der Waals surface area contributed by atoms with Crippen LogP contribution >= 0.6 is 0 Å². The fraction of sp³-hybridized carbons (Fsp3) is 0.520. The summed E-state index contributed by atoms with van der Waals surface area (Å²) in [6.07, 6.45) is 11.1. The van der Waals surface area contributed by atoms with E-state index in [1.54, 1.807) is 6.07 Å². The fourth-order valence-corrected chi connectivity index (χ4v) is 4.31. The van der Waals surface area contributed by atoms with Crippen LogP contribution in [0.25, 0.3) is 0 Å². The molecule has 0 fully saturated rings. The summed E-state index contributed by atoms with van der Waals surface area (Å²) in [6.45, 7) is 2.21. The molecule has 3 heteroatoms. The Kier molecular flexibility index (Phi) is 7.58. The molecule has 0 saturated heterocycles. The van der Waals surface area contributed by atoms with Crippen LogP contribution in [0, 0.1) is 23.4 Å². The molecule has 0 radical (unpaired) electrons. The summed E-state index contributed by atoms with van der Waals surface area (Å²) in [4.78, 5) is 0. The lowest BCUT2D eigenvalue weighted by molar-refractivity contribution is 0.417. The molecule has 0 heterocycles. The first-order chi connectivity index (χ1) is 13.6. The third kappa shape index (κ3) is 5.62. The van der Waals surface area contributed by atoms with Gasteiger partial charge >= 0.3 is 0 Å². The average molecular weight is 389 g/mol. The van der Waals surface area contributed by atoms with Crippen molar-refractivity contribution in [1.29, 1.82) is 0 Å². The van der Waals surface area contributed by atoms with E-state index in [0.29, 0.717) is 12.3 Å². The second-order valence-electron chi connectivity index (χ2n) is 8.27. The Balaban J connectivity index is 1.50. The second-order valence-corrected chi connectivity index (χ2v) is 8.27. The van der Waals surface area contributed by atoms with Gasteiger partial charge in [0.1, 0.15) is 5.82 Å². The van der Waals surface area contributed by atoms with Crippen molar-refractivity contribution in [1.82, 2.24) is 0 Å². The molecule has 1 unspecified atom stereocenters. The van der Waals surface area contributed by atoms with E-state index in [1.807, 2.05) is 6.07 Å². The first kappa shape index (κ1) is 21.0.